The Morgan fingerprint density at radius 2 is 2.05 bits per heavy atom. The molecule has 3 rings (SSSR count). The minimum atomic E-state index is -0.701. The lowest BCUT2D eigenvalue weighted by Crippen LogP contribution is -2.35. The molecule has 1 unspecified atom stereocenters. The van der Waals surface area contributed by atoms with Crippen molar-refractivity contribution < 1.29 is 14.1 Å². The van der Waals surface area contributed by atoms with Crippen LogP contribution in [0.25, 0.3) is 0 Å². The van der Waals surface area contributed by atoms with Crippen LogP contribution in [0.1, 0.15) is 19.3 Å². The van der Waals surface area contributed by atoms with Gasteiger partial charge in [-0.2, -0.15) is 0 Å². The molecule has 0 aromatic heterocycles. The number of ether oxygens (including phenoxy) is 1. The molecule has 2 aliphatic heterocycles. The van der Waals surface area contributed by atoms with Crippen molar-refractivity contribution >= 4 is 11.4 Å². The summed E-state index contributed by atoms with van der Waals surface area (Å²) in [6.07, 6.45) is 3.43. The van der Waals surface area contributed by atoms with E-state index in [0.29, 0.717) is 11.7 Å². The fourth-order valence-corrected chi connectivity index (χ4v) is 3.45. The van der Waals surface area contributed by atoms with Crippen molar-refractivity contribution in [3.63, 3.8) is 0 Å². The van der Waals surface area contributed by atoms with Crippen LogP contribution in [0.15, 0.2) is 12.1 Å². The summed E-state index contributed by atoms with van der Waals surface area (Å²) in [6, 6.07) is 2.83. The Hall–Kier alpha value is -1.89. The predicted molar refractivity (Wildman–Crippen MR) is 81.0 cm³/mol. The summed E-state index contributed by atoms with van der Waals surface area (Å²) in [4.78, 5) is 15.1. The van der Waals surface area contributed by atoms with Gasteiger partial charge >= 0.3 is 0 Å². The van der Waals surface area contributed by atoms with E-state index >= 15 is 0 Å². The molecular formula is C15H20FN3O3. The number of nitro benzene ring substituents is 1. The van der Waals surface area contributed by atoms with Crippen LogP contribution >= 0.6 is 0 Å². The Balaban J connectivity index is 1.85. The first-order chi connectivity index (χ1) is 10.6. The molecule has 0 spiro atoms. The van der Waals surface area contributed by atoms with E-state index in [2.05, 4.69) is 4.90 Å². The fraction of sp³-hybridized carbons (Fsp3) is 0.600. The van der Waals surface area contributed by atoms with E-state index in [1.807, 2.05) is 4.90 Å². The maximum Gasteiger partial charge on any atom is 0.295 e. The van der Waals surface area contributed by atoms with Crippen LogP contribution in [0, 0.1) is 15.9 Å². The van der Waals surface area contributed by atoms with Crippen LogP contribution in [0.5, 0.6) is 5.75 Å². The molecule has 2 heterocycles. The highest BCUT2D eigenvalue weighted by Gasteiger charge is 2.33. The molecule has 2 fully saturated rings. The van der Waals surface area contributed by atoms with E-state index in [-0.39, 0.29) is 11.4 Å². The molecule has 0 saturated carbocycles. The Bertz CT molecular complexity index is 575. The lowest BCUT2D eigenvalue weighted by molar-refractivity contribution is -0.384. The number of anilines is 1. The van der Waals surface area contributed by atoms with Gasteiger partial charge in [-0.05, 0) is 32.4 Å². The lowest BCUT2D eigenvalue weighted by atomic mass is 10.2. The van der Waals surface area contributed by atoms with Gasteiger partial charge in [-0.1, -0.05) is 0 Å². The van der Waals surface area contributed by atoms with Gasteiger partial charge in [0.1, 0.15) is 5.69 Å². The number of hydrogen-bond donors (Lipinski definition) is 0. The van der Waals surface area contributed by atoms with Crippen molar-refractivity contribution in [2.24, 2.45) is 0 Å². The van der Waals surface area contributed by atoms with Crippen LogP contribution in [-0.2, 0) is 0 Å². The molecule has 6 nitrogen and oxygen atoms in total. The van der Waals surface area contributed by atoms with Gasteiger partial charge < -0.3 is 9.64 Å². The van der Waals surface area contributed by atoms with Gasteiger partial charge in [0, 0.05) is 25.2 Å². The molecule has 2 saturated heterocycles. The highest BCUT2D eigenvalue weighted by molar-refractivity contribution is 5.66. The summed E-state index contributed by atoms with van der Waals surface area (Å²) in [5.74, 6) is -0.654. The quantitative estimate of drug-likeness (QED) is 0.631. The first-order valence-corrected chi connectivity index (χ1v) is 7.61. The van der Waals surface area contributed by atoms with E-state index in [1.165, 1.54) is 26.0 Å². The first kappa shape index (κ1) is 15.0. The number of rotatable bonds is 4. The van der Waals surface area contributed by atoms with Gasteiger partial charge in [-0.3, -0.25) is 15.0 Å². The highest BCUT2D eigenvalue weighted by atomic mass is 19.1. The van der Waals surface area contributed by atoms with Crippen molar-refractivity contribution in [2.75, 3.05) is 38.2 Å². The maximum atomic E-state index is 13.7. The number of nitrogens with zero attached hydrogens (tertiary/aromatic N) is 3. The van der Waals surface area contributed by atoms with Crippen LogP contribution in [0.2, 0.25) is 0 Å². The van der Waals surface area contributed by atoms with Gasteiger partial charge in [0.05, 0.1) is 18.1 Å². The molecule has 7 heteroatoms. The molecule has 1 aromatic rings. The topological polar surface area (TPSA) is 58.8 Å². The SMILES string of the molecule is COc1cc(N2CCC(N3CCCC3)C2)c([N+](=O)[O-])cc1F. The minimum absolute atomic E-state index is 0.0465. The molecule has 0 amide bonds. The van der Waals surface area contributed by atoms with E-state index in [9.17, 15) is 14.5 Å². The van der Waals surface area contributed by atoms with E-state index in [1.54, 1.807) is 0 Å². The van der Waals surface area contributed by atoms with Crippen LogP contribution in [0.4, 0.5) is 15.8 Å². The summed E-state index contributed by atoms with van der Waals surface area (Å²) >= 11 is 0. The first-order valence-electron chi connectivity index (χ1n) is 7.61. The Morgan fingerprint density at radius 1 is 1.32 bits per heavy atom. The third kappa shape index (κ3) is 2.72. The number of hydrogen-bond acceptors (Lipinski definition) is 5. The third-order valence-electron chi connectivity index (χ3n) is 4.61. The van der Waals surface area contributed by atoms with Crippen molar-refractivity contribution in [1.82, 2.24) is 4.90 Å². The molecule has 0 N–H and O–H groups in total. The molecule has 22 heavy (non-hydrogen) atoms. The third-order valence-corrected chi connectivity index (χ3v) is 4.61. The number of benzene rings is 1. The zero-order chi connectivity index (χ0) is 15.7. The smallest absolute Gasteiger partial charge is 0.295 e. The minimum Gasteiger partial charge on any atom is -0.494 e. The average molecular weight is 309 g/mol. The summed E-state index contributed by atoms with van der Waals surface area (Å²) in [5.41, 5.74) is 0.255. The predicted octanol–water partition coefficient (Wildman–Crippen LogP) is 2.42. The van der Waals surface area contributed by atoms with Crippen molar-refractivity contribution in [2.45, 2.75) is 25.3 Å². The van der Waals surface area contributed by atoms with Gasteiger partial charge in [0.25, 0.3) is 5.69 Å². The monoisotopic (exact) mass is 309 g/mol. The molecular weight excluding hydrogens is 289 g/mol. The number of nitro groups is 1. The zero-order valence-corrected chi connectivity index (χ0v) is 12.6. The van der Waals surface area contributed by atoms with Gasteiger partial charge in [0.15, 0.2) is 11.6 Å². The Morgan fingerprint density at radius 3 is 2.68 bits per heavy atom. The van der Waals surface area contributed by atoms with Crippen molar-refractivity contribution in [1.29, 1.82) is 0 Å². The summed E-state index contributed by atoms with van der Waals surface area (Å²) in [5, 5.41) is 11.2. The molecule has 2 aliphatic rings. The molecule has 120 valence electrons. The standard InChI is InChI=1S/C15H20FN3O3/c1-22-15-9-13(14(19(20)21)8-12(15)16)18-7-4-11(10-18)17-5-2-3-6-17/h8-9,11H,2-7,10H2,1H3. The second-order valence-electron chi connectivity index (χ2n) is 5.86. The van der Waals surface area contributed by atoms with Gasteiger partial charge in [-0.25, -0.2) is 4.39 Å². The van der Waals surface area contributed by atoms with Crippen molar-refractivity contribution in [3.05, 3.63) is 28.1 Å². The zero-order valence-electron chi connectivity index (χ0n) is 12.6. The molecule has 0 bridgehead atoms. The number of methoxy groups -OCH3 is 1. The van der Waals surface area contributed by atoms with Crippen LogP contribution in [0.3, 0.4) is 0 Å². The van der Waals surface area contributed by atoms with Gasteiger partial charge in [-0.15, -0.1) is 0 Å². The lowest BCUT2D eigenvalue weighted by Gasteiger charge is -2.24. The Kier molecular flexibility index (Phi) is 4.15. The second-order valence-corrected chi connectivity index (χ2v) is 5.86. The summed E-state index contributed by atoms with van der Waals surface area (Å²) in [7, 11) is 1.37. The highest BCUT2D eigenvalue weighted by Crippen LogP contribution is 2.37. The van der Waals surface area contributed by atoms with E-state index in [0.717, 1.165) is 38.7 Å². The van der Waals surface area contributed by atoms with Crippen molar-refractivity contribution in [3.8, 4) is 5.75 Å². The number of halogens is 1. The molecule has 0 aliphatic carbocycles. The summed E-state index contributed by atoms with van der Waals surface area (Å²) in [6.45, 7) is 3.70. The second kappa shape index (κ2) is 6.08. The van der Waals surface area contributed by atoms with Gasteiger partial charge in [0.2, 0.25) is 0 Å². The molecule has 1 aromatic carbocycles. The Labute approximate surface area is 128 Å². The molecule has 0 radical (unpaired) electrons. The van der Waals surface area contributed by atoms with E-state index in [4.69, 9.17) is 4.74 Å². The largest absolute Gasteiger partial charge is 0.494 e. The van der Waals surface area contributed by atoms with E-state index < -0.39 is 10.7 Å². The normalized spacial score (nSPS) is 22.3. The number of likely N-dealkylation sites (tertiary alicyclic amines) is 1. The fourth-order valence-electron chi connectivity index (χ4n) is 3.45. The van der Waals surface area contributed by atoms with Crippen LogP contribution in [-0.4, -0.2) is 49.2 Å². The average Bonchev–Trinajstić information content (AvgIpc) is 3.17. The van der Waals surface area contributed by atoms with Crippen LogP contribution < -0.4 is 9.64 Å². The summed E-state index contributed by atoms with van der Waals surface area (Å²) < 4.78 is 18.7. The maximum absolute atomic E-state index is 13.7. The molecule has 1 atom stereocenters.